The van der Waals surface area contributed by atoms with Crippen molar-refractivity contribution in [3.63, 3.8) is 0 Å². The van der Waals surface area contributed by atoms with Crippen LogP contribution in [0.15, 0.2) is 30.3 Å². The summed E-state index contributed by atoms with van der Waals surface area (Å²) in [6.07, 6.45) is 0. The Morgan fingerprint density at radius 2 is 1.56 bits per heavy atom. The number of nitrogens with two attached hydrogens (primary N) is 1. The van der Waals surface area contributed by atoms with Gasteiger partial charge in [-0.05, 0) is 12.1 Å². The van der Waals surface area contributed by atoms with E-state index in [1.54, 1.807) is 19.5 Å². The molecule has 0 heterocycles. The summed E-state index contributed by atoms with van der Waals surface area (Å²) in [7, 11) is 0. The fourth-order valence-corrected chi connectivity index (χ4v) is 0.453. The predicted octanol–water partition coefficient (Wildman–Crippen LogP) is 1.73. The monoisotopic (exact) mass is 196 g/mol. The molecule has 0 amide bonds. The Morgan fingerprint density at radius 3 is 1.78 bits per heavy atom. The summed E-state index contributed by atoms with van der Waals surface area (Å²) in [6, 6.07) is 9.49. The second-order valence-corrected chi connectivity index (χ2v) is 1.41. The van der Waals surface area contributed by atoms with Crippen molar-refractivity contribution < 1.29 is 0 Å². The molecule has 1 aromatic rings. The third-order valence-corrected chi connectivity index (χ3v) is 0.800. The van der Waals surface area contributed by atoms with E-state index >= 15 is 0 Å². The maximum atomic E-state index is 5.36. The largest absolute Gasteiger partial charge is 1.52 e. The highest BCUT2D eigenvalue weighted by Crippen LogP contribution is 1.95. The van der Waals surface area contributed by atoms with E-state index in [2.05, 4.69) is 12.9 Å². The first kappa shape index (κ1) is 9.27. The van der Waals surface area contributed by atoms with Crippen LogP contribution in [0.25, 0.3) is 0 Å². The first-order valence-electron chi connectivity index (χ1n) is 2.47. The predicted molar refractivity (Wildman–Crippen MR) is 45.5 cm³/mol. The van der Waals surface area contributed by atoms with Crippen LogP contribution in [0, 0.1) is 0 Å². The van der Waals surface area contributed by atoms with E-state index in [-0.39, 0.29) is 0 Å². The number of hydrogen-bond acceptors (Lipinski definition) is 1. The van der Waals surface area contributed by atoms with Crippen molar-refractivity contribution in [1.29, 1.82) is 0 Å². The topological polar surface area (TPSA) is 26.0 Å². The van der Waals surface area contributed by atoms with E-state index in [4.69, 9.17) is 5.73 Å². The third-order valence-electron chi connectivity index (χ3n) is 0.800. The molecule has 2 N–H and O–H groups in total. The van der Waals surface area contributed by atoms with Crippen LogP contribution in [-0.2, 0) is 0 Å². The summed E-state index contributed by atoms with van der Waals surface area (Å²) in [4.78, 5) is 0. The first-order valence-corrected chi connectivity index (χ1v) is 6.37. The molecule has 3 heteroatoms. The van der Waals surface area contributed by atoms with E-state index in [0.29, 0.717) is 0 Å². The van der Waals surface area contributed by atoms with Gasteiger partial charge in [-0.2, -0.15) is 0 Å². The van der Waals surface area contributed by atoms with E-state index in [0.717, 1.165) is 5.69 Å². The Labute approximate surface area is 73.9 Å². The maximum absolute atomic E-state index is 5.36. The summed E-state index contributed by atoms with van der Waals surface area (Å²) in [5.41, 5.74) is 6.18. The molecule has 0 aliphatic carbocycles. The van der Waals surface area contributed by atoms with Gasteiger partial charge in [-0.3, -0.25) is 0 Å². The van der Waals surface area contributed by atoms with E-state index in [9.17, 15) is 0 Å². The molecule has 9 heavy (non-hydrogen) atoms. The Kier molecular flexibility index (Phi) is 6.58. The van der Waals surface area contributed by atoms with Crippen molar-refractivity contribution in [3.8, 4) is 0 Å². The van der Waals surface area contributed by atoms with Gasteiger partial charge in [0.15, 0.2) is 0 Å². The zero-order valence-electron chi connectivity index (χ0n) is 5.05. The Balaban J connectivity index is 0.000000291. The lowest BCUT2D eigenvalue weighted by Crippen LogP contribution is -1.79. The first-order chi connectivity index (χ1) is 4.39. The number of para-hydroxylation sites is 1. The fraction of sp³-hybridized carbons (Fsp3) is 0. The smallest absolute Gasteiger partial charge is 0.399 e. The molecule has 0 aliphatic rings. The molecule has 0 atom stereocenters. The van der Waals surface area contributed by atoms with Crippen LogP contribution in [0.2, 0.25) is 0 Å². The Bertz CT molecular complexity index is 143. The minimum Gasteiger partial charge on any atom is -0.399 e. The molecule has 0 unspecified atom stereocenters. The molecular weight excluding hydrogens is 190 g/mol. The number of nitrogen functional groups attached to an aromatic ring is 1. The Hall–Kier alpha value is 0.266. The van der Waals surface area contributed by atoms with Crippen molar-refractivity contribution in [2.45, 2.75) is 0 Å². The summed E-state index contributed by atoms with van der Waals surface area (Å²) >= 11 is 4.64. The van der Waals surface area contributed by atoms with Gasteiger partial charge in [-0.15, -0.1) is 0 Å². The quantitative estimate of drug-likeness (QED) is 0.497. The number of rotatable bonds is 0. The molecule has 1 nitrogen and oxygen atoms in total. The fourth-order valence-electron chi connectivity index (χ4n) is 0.453. The van der Waals surface area contributed by atoms with Gasteiger partial charge in [-0.1, -0.05) is 18.2 Å². The zero-order chi connectivity index (χ0) is 7.11. The summed E-state index contributed by atoms with van der Waals surface area (Å²) in [5, 5.41) is 0. The van der Waals surface area contributed by atoms with Gasteiger partial charge in [0.2, 0.25) is 0 Å². The molecule has 0 saturated carbocycles. The van der Waals surface area contributed by atoms with E-state index in [1.807, 2.05) is 30.3 Å². The highest BCUT2D eigenvalue weighted by molar-refractivity contribution is 9.22. The van der Waals surface area contributed by atoms with E-state index < -0.39 is 0 Å². The van der Waals surface area contributed by atoms with Crippen molar-refractivity contribution in [2.24, 2.45) is 0 Å². The number of anilines is 1. The van der Waals surface area contributed by atoms with Crippen molar-refractivity contribution in [1.82, 2.24) is 0 Å². The molecule has 0 fully saturated rings. The van der Waals surface area contributed by atoms with Crippen LogP contribution in [-0.4, -0.2) is 19.5 Å². The van der Waals surface area contributed by atoms with Crippen LogP contribution in [0.4, 0.5) is 5.69 Å². The lowest BCUT2D eigenvalue weighted by atomic mass is 10.3. The minimum absolute atomic E-state index is 0.822. The Morgan fingerprint density at radius 1 is 1.11 bits per heavy atom. The number of hydrogen-bond donors (Lipinski definition) is 1. The number of halogens is 1. The highest BCUT2D eigenvalue weighted by atomic mass is 79.9. The molecule has 1 aromatic carbocycles. The molecule has 0 spiro atoms. The molecule has 0 aromatic heterocycles. The summed E-state index contributed by atoms with van der Waals surface area (Å²) in [6.45, 7) is 0. The standard InChI is InChI=1S/C6H7N.BrH.Mg/c7-6-4-2-1-3-5-6;;/h1-5H,7H2;1H;/q;;+3/p-1. The zero-order valence-corrected chi connectivity index (χ0v) is 8.05. The van der Waals surface area contributed by atoms with Gasteiger partial charge < -0.3 is 5.73 Å². The van der Waals surface area contributed by atoms with Crippen LogP contribution in [0.1, 0.15) is 0 Å². The van der Waals surface area contributed by atoms with Crippen molar-refractivity contribution in [3.05, 3.63) is 30.3 Å². The van der Waals surface area contributed by atoms with Gasteiger partial charge in [0.25, 0.3) is 0 Å². The van der Waals surface area contributed by atoms with Crippen LogP contribution >= 0.6 is 12.9 Å². The van der Waals surface area contributed by atoms with Gasteiger partial charge in [0.1, 0.15) is 0 Å². The van der Waals surface area contributed by atoms with E-state index in [1.165, 1.54) is 0 Å². The van der Waals surface area contributed by atoms with Gasteiger partial charge in [-0.25, -0.2) is 0 Å². The lowest BCUT2D eigenvalue weighted by Gasteiger charge is -1.83. The van der Waals surface area contributed by atoms with Gasteiger partial charge in [0.05, 0.1) is 0 Å². The summed E-state index contributed by atoms with van der Waals surface area (Å²) < 4.78 is 0. The average Bonchev–Trinajstić information content (AvgIpc) is 1.94. The third kappa shape index (κ3) is 4.75. The normalized spacial score (nSPS) is 7.33. The van der Waals surface area contributed by atoms with Gasteiger partial charge in [0, 0.05) is 5.69 Å². The van der Waals surface area contributed by atoms with Crippen molar-refractivity contribution in [2.75, 3.05) is 5.73 Å². The molecule has 0 bridgehead atoms. The second kappa shape index (κ2) is 6.39. The second-order valence-electron chi connectivity index (χ2n) is 1.41. The molecule has 43 valence electrons. The molecular formula is C6H7BrMgN+2. The SMILES string of the molecule is Nc1ccccc1.[Mg+2][Br]. The molecule has 1 rings (SSSR count). The molecule has 0 aliphatic heterocycles. The lowest BCUT2D eigenvalue weighted by molar-refractivity contribution is 1.69. The maximum Gasteiger partial charge on any atom is 1.52 e. The number of benzene rings is 1. The van der Waals surface area contributed by atoms with Crippen LogP contribution in [0.5, 0.6) is 0 Å². The van der Waals surface area contributed by atoms with Crippen molar-refractivity contribution >= 4 is 38.1 Å². The van der Waals surface area contributed by atoms with Crippen LogP contribution < -0.4 is 5.73 Å². The summed E-state index contributed by atoms with van der Waals surface area (Å²) in [5.74, 6) is 0. The molecule has 0 saturated heterocycles. The average molecular weight is 197 g/mol. The van der Waals surface area contributed by atoms with Crippen LogP contribution in [0.3, 0.4) is 0 Å². The highest BCUT2D eigenvalue weighted by Gasteiger charge is 2.13. The minimum atomic E-state index is 0.822. The molecule has 7 radical (unpaired) electrons. The van der Waals surface area contributed by atoms with Gasteiger partial charge >= 0.3 is 32.4 Å².